The van der Waals surface area contributed by atoms with E-state index in [0.29, 0.717) is 0 Å². The van der Waals surface area contributed by atoms with Gasteiger partial charge in [0.15, 0.2) is 0 Å². The van der Waals surface area contributed by atoms with E-state index in [0.717, 1.165) is 59.8 Å². The number of para-hydroxylation sites is 1. The summed E-state index contributed by atoms with van der Waals surface area (Å²) >= 11 is 1.73. The van der Waals surface area contributed by atoms with Crippen molar-refractivity contribution in [3.8, 4) is 21.7 Å². The highest BCUT2D eigenvalue weighted by Gasteiger charge is 2.35. The standard InChI is InChI=1S/C40H28N2OS/c1-40(2)33-14-8-6-12-29(33)30-19-16-26(22-34(30)40)42(27-17-20-32-31-13-7-9-15-36(31)43-37(32)23-27)28-18-21-35-38(24-28)44-39(41-35)25-10-4-3-5-11-25/h3-24H,1-2H3. The molecule has 8 aromatic rings. The monoisotopic (exact) mass is 584 g/mol. The summed E-state index contributed by atoms with van der Waals surface area (Å²) in [5.74, 6) is 0. The summed E-state index contributed by atoms with van der Waals surface area (Å²) in [6.45, 7) is 4.67. The van der Waals surface area contributed by atoms with Crippen LogP contribution in [0.4, 0.5) is 17.1 Å². The first kappa shape index (κ1) is 25.3. The van der Waals surface area contributed by atoms with Crippen LogP contribution in [-0.4, -0.2) is 4.98 Å². The van der Waals surface area contributed by atoms with Gasteiger partial charge in [0.25, 0.3) is 0 Å². The minimum atomic E-state index is -0.0947. The van der Waals surface area contributed by atoms with E-state index in [1.54, 1.807) is 11.3 Å². The zero-order chi connectivity index (χ0) is 29.4. The van der Waals surface area contributed by atoms with E-state index in [1.165, 1.54) is 22.3 Å². The highest BCUT2D eigenvalue weighted by molar-refractivity contribution is 7.21. The zero-order valence-electron chi connectivity index (χ0n) is 24.4. The van der Waals surface area contributed by atoms with Crippen LogP contribution in [-0.2, 0) is 5.41 Å². The maximum Gasteiger partial charge on any atom is 0.137 e. The normalized spacial score (nSPS) is 13.4. The number of rotatable bonds is 4. The molecule has 1 aliphatic rings. The lowest BCUT2D eigenvalue weighted by Crippen LogP contribution is -2.16. The summed E-state index contributed by atoms with van der Waals surface area (Å²) in [4.78, 5) is 7.32. The average molecular weight is 585 g/mol. The lowest BCUT2D eigenvalue weighted by molar-refractivity contribution is 0.660. The van der Waals surface area contributed by atoms with E-state index in [9.17, 15) is 0 Å². The van der Waals surface area contributed by atoms with Crippen LogP contribution in [0.3, 0.4) is 0 Å². The first-order valence-electron chi connectivity index (χ1n) is 15.0. The molecule has 0 bridgehead atoms. The third-order valence-electron chi connectivity index (χ3n) is 9.10. The molecule has 0 atom stereocenters. The van der Waals surface area contributed by atoms with Gasteiger partial charge in [0, 0.05) is 44.9 Å². The van der Waals surface area contributed by atoms with Crippen molar-refractivity contribution in [1.29, 1.82) is 0 Å². The van der Waals surface area contributed by atoms with Crippen molar-refractivity contribution in [2.45, 2.75) is 19.3 Å². The molecule has 0 unspecified atom stereocenters. The fourth-order valence-corrected chi connectivity index (χ4v) is 7.89. The molecule has 3 nitrogen and oxygen atoms in total. The van der Waals surface area contributed by atoms with Crippen LogP contribution < -0.4 is 4.90 Å². The van der Waals surface area contributed by atoms with Gasteiger partial charge in [0.05, 0.1) is 10.2 Å². The Morgan fingerprint density at radius 2 is 1.27 bits per heavy atom. The van der Waals surface area contributed by atoms with E-state index >= 15 is 0 Å². The molecule has 44 heavy (non-hydrogen) atoms. The molecule has 0 spiro atoms. The van der Waals surface area contributed by atoms with Gasteiger partial charge in [0.1, 0.15) is 16.2 Å². The molecule has 0 saturated heterocycles. The van der Waals surface area contributed by atoms with Gasteiger partial charge in [-0.1, -0.05) is 92.7 Å². The molecule has 0 saturated carbocycles. The van der Waals surface area contributed by atoms with Crippen molar-refractivity contribution in [3.05, 3.63) is 145 Å². The maximum absolute atomic E-state index is 6.35. The summed E-state index contributed by atoms with van der Waals surface area (Å²) in [7, 11) is 0. The maximum atomic E-state index is 6.35. The van der Waals surface area contributed by atoms with Crippen LogP contribution >= 0.6 is 11.3 Å². The molecule has 210 valence electrons. The van der Waals surface area contributed by atoms with E-state index in [1.807, 2.05) is 18.2 Å². The quantitative estimate of drug-likeness (QED) is 0.206. The molecule has 2 aromatic heterocycles. The van der Waals surface area contributed by atoms with Crippen molar-refractivity contribution < 1.29 is 4.42 Å². The molecular weight excluding hydrogens is 557 g/mol. The fourth-order valence-electron chi connectivity index (χ4n) is 6.89. The van der Waals surface area contributed by atoms with Gasteiger partial charge in [-0.15, -0.1) is 11.3 Å². The minimum absolute atomic E-state index is 0.0947. The lowest BCUT2D eigenvalue weighted by atomic mass is 9.82. The molecule has 0 N–H and O–H groups in total. The number of thiazole rings is 1. The molecule has 6 aromatic carbocycles. The van der Waals surface area contributed by atoms with Crippen molar-refractivity contribution in [2.75, 3.05) is 4.90 Å². The number of fused-ring (bicyclic) bond motifs is 7. The summed E-state index contributed by atoms with van der Waals surface area (Å²) < 4.78 is 7.51. The fraction of sp³-hybridized carbons (Fsp3) is 0.0750. The Balaban J connectivity index is 1.24. The van der Waals surface area contributed by atoms with Gasteiger partial charge in [0.2, 0.25) is 0 Å². The van der Waals surface area contributed by atoms with Gasteiger partial charge in [-0.05, 0) is 70.8 Å². The Labute approximate surface area is 259 Å². The molecule has 0 amide bonds. The van der Waals surface area contributed by atoms with Gasteiger partial charge < -0.3 is 9.32 Å². The lowest BCUT2D eigenvalue weighted by Gasteiger charge is -2.28. The first-order valence-corrected chi connectivity index (χ1v) is 15.8. The molecule has 0 aliphatic heterocycles. The molecular formula is C40H28N2OS. The summed E-state index contributed by atoms with van der Waals surface area (Å²) in [5.41, 5.74) is 12.5. The molecule has 0 radical (unpaired) electrons. The number of furan rings is 1. The number of hydrogen-bond donors (Lipinski definition) is 0. The number of hydrogen-bond acceptors (Lipinski definition) is 4. The van der Waals surface area contributed by atoms with Crippen LogP contribution in [0.5, 0.6) is 0 Å². The summed E-state index contributed by atoms with van der Waals surface area (Å²) in [6, 6.07) is 47.6. The number of aromatic nitrogens is 1. The molecule has 4 heteroatoms. The van der Waals surface area contributed by atoms with Gasteiger partial charge in [-0.3, -0.25) is 0 Å². The van der Waals surface area contributed by atoms with Crippen molar-refractivity contribution >= 4 is 60.6 Å². The van der Waals surface area contributed by atoms with Gasteiger partial charge in [-0.25, -0.2) is 4.98 Å². The Morgan fingerprint density at radius 1 is 0.591 bits per heavy atom. The predicted octanol–water partition coefficient (Wildman–Crippen LogP) is 11.6. The van der Waals surface area contributed by atoms with Crippen molar-refractivity contribution in [1.82, 2.24) is 4.98 Å². The van der Waals surface area contributed by atoms with Gasteiger partial charge >= 0.3 is 0 Å². The third-order valence-corrected chi connectivity index (χ3v) is 10.2. The van der Waals surface area contributed by atoms with Crippen LogP contribution in [0, 0.1) is 0 Å². The Hall–Kier alpha value is -5.19. The first-order chi connectivity index (χ1) is 21.5. The van der Waals surface area contributed by atoms with Crippen LogP contribution in [0.2, 0.25) is 0 Å². The minimum Gasteiger partial charge on any atom is -0.456 e. The molecule has 2 heterocycles. The zero-order valence-corrected chi connectivity index (χ0v) is 25.2. The number of benzene rings is 6. The summed E-state index contributed by atoms with van der Waals surface area (Å²) in [6.07, 6.45) is 0. The molecule has 1 aliphatic carbocycles. The Morgan fingerprint density at radius 3 is 2.18 bits per heavy atom. The van der Waals surface area contributed by atoms with Crippen molar-refractivity contribution in [2.24, 2.45) is 0 Å². The highest BCUT2D eigenvalue weighted by atomic mass is 32.1. The largest absolute Gasteiger partial charge is 0.456 e. The average Bonchev–Trinajstić information content (AvgIpc) is 3.72. The third kappa shape index (κ3) is 3.78. The Bertz CT molecular complexity index is 2380. The smallest absolute Gasteiger partial charge is 0.137 e. The van der Waals surface area contributed by atoms with Crippen LogP contribution in [0.15, 0.2) is 138 Å². The van der Waals surface area contributed by atoms with E-state index in [-0.39, 0.29) is 5.41 Å². The molecule has 9 rings (SSSR count). The highest BCUT2D eigenvalue weighted by Crippen LogP contribution is 2.51. The number of anilines is 3. The second-order valence-electron chi connectivity index (χ2n) is 12.1. The van der Waals surface area contributed by atoms with E-state index in [4.69, 9.17) is 9.40 Å². The van der Waals surface area contributed by atoms with Crippen LogP contribution in [0.1, 0.15) is 25.0 Å². The van der Waals surface area contributed by atoms with Crippen LogP contribution in [0.25, 0.3) is 53.9 Å². The summed E-state index contributed by atoms with van der Waals surface area (Å²) in [5, 5.41) is 3.29. The van der Waals surface area contributed by atoms with E-state index < -0.39 is 0 Å². The van der Waals surface area contributed by atoms with Gasteiger partial charge in [-0.2, -0.15) is 0 Å². The second-order valence-corrected chi connectivity index (χ2v) is 13.1. The number of nitrogens with zero attached hydrogens (tertiary/aromatic N) is 2. The predicted molar refractivity (Wildman–Crippen MR) is 185 cm³/mol. The van der Waals surface area contributed by atoms with Crippen molar-refractivity contribution in [3.63, 3.8) is 0 Å². The SMILES string of the molecule is CC1(C)c2ccccc2-c2ccc(N(c3ccc4c(c3)oc3ccccc34)c3ccc4nc(-c5ccccc5)sc4c3)cc21. The topological polar surface area (TPSA) is 29.3 Å². The Kier molecular flexibility index (Phi) is 5.41. The molecule has 0 fully saturated rings. The van der Waals surface area contributed by atoms with E-state index in [2.05, 4.69) is 134 Å². The second kappa shape index (κ2) is 9.40.